The van der Waals surface area contributed by atoms with E-state index in [9.17, 15) is 9.59 Å². The van der Waals surface area contributed by atoms with Gasteiger partial charge in [-0.05, 0) is 61.9 Å². The van der Waals surface area contributed by atoms with E-state index in [1.807, 2.05) is 25.1 Å². The number of amides is 2. The van der Waals surface area contributed by atoms with Crippen molar-refractivity contribution >= 4 is 34.8 Å². The Bertz CT molecular complexity index is 1020. The molecule has 148 valence electrons. The number of rotatable bonds is 6. The summed E-state index contributed by atoms with van der Waals surface area (Å²) >= 11 is 6.05. The lowest BCUT2D eigenvalue weighted by atomic mass is 10.1. The maximum absolute atomic E-state index is 12.4. The van der Waals surface area contributed by atoms with Crippen LogP contribution in [-0.4, -0.2) is 17.9 Å². The van der Waals surface area contributed by atoms with Gasteiger partial charge in [0.15, 0.2) is 6.10 Å². The van der Waals surface area contributed by atoms with E-state index in [4.69, 9.17) is 16.3 Å². The molecule has 3 aromatic carbocycles. The molecule has 1 unspecified atom stereocenters. The van der Waals surface area contributed by atoms with Crippen LogP contribution in [0.25, 0.3) is 0 Å². The zero-order valence-corrected chi connectivity index (χ0v) is 16.9. The van der Waals surface area contributed by atoms with Gasteiger partial charge in [-0.25, -0.2) is 0 Å². The molecule has 3 rings (SSSR count). The zero-order valence-electron chi connectivity index (χ0n) is 16.1. The molecule has 0 fully saturated rings. The summed E-state index contributed by atoms with van der Waals surface area (Å²) in [7, 11) is 0. The predicted octanol–water partition coefficient (Wildman–Crippen LogP) is 5.31. The van der Waals surface area contributed by atoms with Crippen molar-refractivity contribution in [3.05, 3.63) is 88.9 Å². The van der Waals surface area contributed by atoms with E-state index < -0.39 is 6.10 Å². The number of aryl methyl sites for hydroxylation is 1. The van der Waals surface area contributed by atoms with E-state index in [0.29, 0.717) is 27.7 Å². The molecule has 0 saturated heterocycles. The number of nitrogens with one attached hydrogen (secondary N) is 2. The second-order valence-corrected chi connectivity index (χ2v) is 6.93. The minimum Gasteiger partial charge on any atom is -0.479 e. The summed E-state index contributed by atoms with van der Waals surface area (Å²) in [6.07, 6.45) is -0.727. The van der Waals surface area contributed by atoms with Crippen LogP contribution in [0.4, 0.5) is 11.4 Å². The summed E-state index contributed by atoms with van der Waals surface area (Å²) in [5, 5.41) is 6.08. The maximum Gasteiger partial charge on any atom is 0.265 e. The Labute approximate surface area is 174 Å². The second-order valence-electron chi connectivity index (χ2n) is 6.53. The van der Waals surface area contributed by atoms with Crippen LogP contribution in [0.1, 0.15) is 22.8 Å². The number of hydrogen-bond donors (Lipinski definition) is 2. The van der Waals surface area contributed by atoms with Crippen LogP contribution in [0, 0.1) is 6.92 Å². The average Bonchev–Trinajstić information content (AvgIpc) is 2.71. The van der Waals surface area contributed by atoms with Crippen molar-refractivity contribution in [2.75, 3.05) is 10.6 Å². The lowest BCUT2D eigenvalue weighted by Crippen LogP contribution is -2.30. The molecule has 5 nitrogen and oxygen atoms in total. The van der Waals surface area contributed by atoms with E-state index in [0.717, 1.165) is 5.56 Å². The molecule has 0 spiro atoms. The van der Waals surface area contributed by atoms with Gasteiger partial charge in [0.1, 0.15) is 5.75 Å². The molecule has 0 aliphatic rings. The molecule has 3 aromatic rings. The Hall–Kier alpha value is -3.31. The summed E-state index contributed by atoms with van der Waals surface area (Å²) in [5.41, 5.74) is 2.76. The van der Waals surface area contributed by atoms with Crippen molar-refractivity contribution in [2.24, 2.45) is 0 Å². The lowest BCUT2D eigenvalue weighted by molar-refractivity contribution is -0.122. The highest BCUT2D eigenvalue weighted by atomic mass is 35.5. The number of carbonyl (C=O) groups excluding carboxylic acids is 2. The zero-order chi connectivity index (χ0) is 20.8. The third-order valence-electron chi connectivity index (χ3n) is 4.31. The smallest absolute Gasteiger partial charge is 0.265 e. The third kappa shape index (κ3) is 5.36. The quantitative estimate of drug-likeness (QED) is 0.581. The van der Waals surface area contributed by atoms with Crippen LogP contribution in [0.5, 0.6) is 5.75 Å². The fourth-order valence-electron chi connectivity index (χ4n) is 2.69. The normalized spacial score (nSPS) is 11.4. The molecule has 6 heteroatoms. The molecule has 0 aromatic heterocycles. The van der Waals surface area contributed by atoms with Crippen LogP contribution in [0.15, 0.2) is 72.8 Å². The van der Waals surface area contributed by atoms with Gasteiger partial charge in [0, 0.05) is 16.9 Å². The van der Waals surface area contributed by atoms with Gasteiger partial charge >= 0.3 is 0 Å². The number of anilines is 2. The molecule has 0 radical (unpaired) electrons. The minimum atomic E-state index is -0.727. The van der Waals surface area contributed by atoms with E-state index >= 15 is 0 Å². The molecule has 0 aliphatic heterocycles. The van der Waals surface area contributed by atoms with Gasteiger partial charge < -0.3 is 15.4 Å². The molecular weight excluding hydrogens is 388 g/mol. The van der Waals surface area contributed by atoms with Crippen molar-refractivity contribution in [1.29, 1.82) is 0 Å². The summed E-state index contributed by atoms with van der Waals surface area (Å²) in [6, 6.07) is 21.3. The first-order chi connectivity index (χ1) is 13.9. The Morgan fingerprint density at radius 1 is 0.862 bits per heavy atom. The first-order valence-electron chi connectivity index (χ1n) is 9.13. The Morgan fingerprint density at radius 3 is 2.10 bits per heavy atom. The Morgan fingerprint density at radius 2 is 1.45 bits per heavy atom. The molecule has 2 amide bonds. The van der Waals surface area contributed by atoms with Crippen molar-refractivity contribution < 1.29 is 14.3 Å². The third-order valence-corrected chi connectivity index (χ3v) is 4.62. The van der Waals surface area contributed by atoms with Crippen LogP contribution < -0.4 is 15.4 Å². The lowest BCUT2D eigenvalue weighted by Gasteiger charge is -2.16. The SMILES string of the molecule is Cc1ccccc1C(=O)Nc1ccc(NC(=O)C(C)Oc2ccccc2Cl)cc1. The number of hydrogen-bond acceptors (Lipinski definition) is 3. The fraction of sp³-hybridized carbons (Fsp3) is 0.130. The number of benzene rings is 3. The summed E-state index contributed by atoms with van der Waals surface area (Å²) in [6.45, 7) is 3.54. The fourth-order valence-corrected chi connectivity index (χ4v) is 2.87. The van der Waals surface area contributed by atoms with Gasteiger partial charge in [-0.15, -0.1) is 0 Å². The van der Waals surface area contributed by atoms with Crippen molar-refractivity contribution in [2.45, 2.75) is 20.0 Å². The number of ether oxygens (including phenoxy) is 1. The van der Waals surface area contributed by atoms with Crippen molar-refractivity contribution in [3.8, 4) is 5.75 Å². The Kier molecular flexibility index (Phi) is 6.52. The van der Waals surface area contributed by atoms with Gasteiger partial charge in [0.05, 0.1) is 5.02 Å². The van der Waals surface area contributed by atoms with Gasteiger partial charge in [-0.1, -0.05) is 41.9 Å². The molecule has 2 N–H and O–H groups in total. The van der Waals surface area contributed by atoms with Crippen LogP contribution in [-0.2, 0) is 4.79 Å². The number of carbonyl (C=O) groups is 2. The van der Waals surface area contributed by atoms with E-state index in [1.165, 1.54) is 0 Å². The molecule has 0 saturated carbocycles. The van der Waals surface area contributed by atoms with Crippen LogP contribution in [0.2, 0.25) is 5.02 Å². The monoisotopic (exact) mass is 408 g/mol. The summed E-state index contributed by atoms with van der Waals surface area (Å²) in [4.78, 5) is 24.7. The van der Waals surface area contributed by atoms with Crippen molar-refractivity contribution in [3.63, 3.8) is 0 Å². The minimum absolute atomic E-state index is 0.179. The van der Waals surface area contributed by atoms with Crippen molar-refractivity contribution in [1.82, 2.24) is 0 Å². The maximum atomic E-state index is 12.4. The highest BCUT2D eigenvalue weighted by molar-refractivity contribution is 6.32. The molecular formula is C23H21ClN2O3. The standard InChI is InChI=1S/C23H21ClN2O3/c1-15-7-3-4-8-19(15)23(28)26-18-13-11-17(12-14-18)25-22(27)16(2)29-21-10-6-5-9-20(21)24/h3-14,16H,1-2H3,(H,25,27)(H,26,28). The predicted molar refractivity (Wildman–Crippen MR) is 116 cm³/mol. The van der Waals surface area contributed by atoms with Gasteiger partial charge in [0.25, 0.3) is 11.8 Å². The topological polar surface area (TPSA) is 67.4 Å². The van der Waals surface area contributed by atoms with Crippen LogP contribution in [0.3, 0.4) is 0 Å². The largest absolute Gasteiger partial charge is 0.479 e. The first-order valence-corrected chi connectivity index (χ1v) is 9.51. The first kappa shape index (κ1) is 20.4. The van der Waals surface area contributed by atoms with E-state index in [-0.39, 0.29) is 11.8 Å². The highest BCUT2D eigenvalue weighted by Gasteiger charge is 2.16. The molecule has 29 heavy (non-hydrogen) atoms. The van der Waals surface area contributed by atoms with Crippen LogP contribution >= 0.6 is 11.6 Å². The molecule has 1 atom stereocenters. The summed E-state index contributed by atoms with van der Waals surface area (Å²) < 4.78 is 5.61. The van der Waals surface area contributed by atoms with E-state index in [1.54, 1.807) is 61.5 Å². The van der Waals surface area contributed by atoms with Gasteiger partial charge in [-0.3, -0.25) is 9.59 Å². The molecule has 0 bridgehead atoms. The average molecular weight is 409 g/mol. The van der Waals surface area contributed by atoms with E-state index in [2.05, 4.69) is 10.6 Å². The van der Waals surface area contributed by atoms with Gasteiger partial charge in [0.2, 0.25) is 0 Å². The Balaban J connectivity index is 1.58. The molecule has 0 heterocycles. The molecule has 0 aliphatic carbocycles. The summed E-state index contributed by atoms with van der Waals surface area (Å²) in [5.74, 6) is -0.0330. The highest BCUT2D eigenvalue weighted by Crippen LogP contribution is 2.24. The number of halogens is 1. The number of para-hydroxylation sites is 1. The second kappa shape index (κ2) is 9.26. The van der Waals surface area contributed by atoms with Gasteiger partial charge in [-0.2, -0.15) is 0 Å².